The predicted octanol–water partition coefficient (Wildman–Crippen LogP) is 3.67. The average molecular weight is 457 g/mol. The maximum atomic E-state index is 13.2. The molecule has 1 aliphatic heterocycles. The topological polar surface area (TPSA) is 87.3 Å². The Bertz CT molecular complexity index is 892. The van der Waals surface area contributed by atoms with E-state index in [2.05, 4.69) is 15.3 Å². The van der Waals surface area contributed by atoms with Crippen molar-refractivity contribution in [3.05, 3.63) is 51.5 Å². The van der Waals surface area contributed by atoms with Crippen molar-refractivity contribution in [2.75, 3.05) is 25.7 Å². The number of esters is 1. The highest BCUT2D eigenvalue weighted by Gasteiger charge is 2.36. The molecule has 3 rings (SSSR count). The predicted molar refractivity (Wildman–Crippen MR) is 115 cm³/mol. The number of urea groups is 1. The summed E-state index contributed by atoms with van der Waals surface area (Å²) in [4.78, 5) is 34.5. The summed E-state index contributed by atoms with van der Waals surface area (Å²) in [5.41, 5.74) is 2.41. The SMILES string of the molecule is COC(=O)C(CCSC)NC(=O)N1CCc2[nH]cnc2C1c1ccc(Cl)cc1Cl. The molecule has 0 aliphatic carbocycles. The van der Waals surface area contributed by atoms with Crippen LogP contribution in [0.3, 0.4) is 0 Å². The van der Waals surface area contributed by atoms with Gasteiger partial charge in [0.15, 0.2) is 0 Å². The molecule has 0 spiro atoms. The van der Waals surface area contributed by atoms with Gasteiger partial charge in [-0.05, 0) is 36.1 Å². The van der Waals surface area contributed by atoms with Crippen LogP contribution in [0, 0.1) is 0 Å². The van der Waals surface area contributed by atoms with E-state index in [4.69, 9.17) is 27.9 Å². The second-order valence-electron chi connectivity index (χ2n) is 6.58. The number of benzene rings is 1. The van der Waals surface area contributed by atoms with Gasteiger partial charge in [0, 0.05) is 28.7 Å². The molecule has 2 unspecified atom stereocenters. The van der Waals surface area contributed by atoms with E-state index < -0.39 is 18.1 Å². The molecule has 0 fully saturated rings. The van der Waals surface area contributed by atoms with Crippen molar-refractivity contribution in [3.63, 3.8) is 0 Å². The van der Waals surface area contributed by atoms with E-state index in [-0.39, 0.29) is 6.03 Å². The molecular weight excluding hydrogens is 435 g/mol. The number of hydrogen-bond acceptors (Lipinski definition) is 5. The number of halogens is 2. The van der Waals surface area contributed by atoms with Gasteiger partial charge in [-0.1, -0.05) is 29.3 Å². The summed E-state index contributed by atoms with van der Waals surface area (Å²) in [5, 5.41) is 3.77. The third-order valence-corrected chi connectivity index (χ3v) is 6.04. The van der Waals surface area contributed by atoms with Gasteiger partial charge in [-0.15, -0.1) is 0 Å². The minimum absolute atomic E-state index is 0.369. The number of carbonyl (C=O) groups excluding carboxylic acids is 2. The Morgan fingerprint density at radius 1 is 1.45 bits per heavy atom. The Hall–Kier alpha value is -1.90. The van der Waals surface area contributed by atoms with Crippen LogP contribution in [-0.2, 0) is 16.0 Å². The fraction of sp³-hybridized carbons (Fsp3) is 0.421. The first-order valence-corrected chi connectivity index (χ1v) is 11.2. The Balaban J connectivity index is 1.91. The Labute approximate surface area is 183 Å². The highest BCUT2D eigenvalue weighted by molar-refractivity contribution is 7.98. The van der Waals surface area contributed by atoms with E-state index in [9.17, 15) is 9.59 Å². The zero-order chi connectivity index (χ0) is 21.0. The molecule has 2 heterocycles. The van der Waals surface area contributed by atoms with Crippen LogP contribution in [0.1, 0.15) is 29.4 Å². The number of fused-ring (bicyclic) bond motifs is 1. The first-order valence-electron chi connectivity index (χ1n) is 9.07. The number of rotatable bonds is 6. The van der Waals surface area contributed by atoms with Crippen molar-refractivity contribution in [3.8, 4) is 0 Å². The molecule has 2 aromatic rings. The monoisotopic (exact) mass is 456 g/mol. The van der Waals surface area contributed by atoms with Gasteiger partial charge in [-0.3, -0.25) is 0 Å². The Morgan fingerprint density at radius 2 is 2.24 bits per heavy atom. The van der Waals surface area contributed by atoms with Gasteiger partial charge >= 0.3 is 12.0 Å². The van der Waals surface area contributed by atoms with Crippen LogP contribution in [0.2, 0.25) is 10.0 Å². The summed E-state index contributed by atoms with van der Waals surface area (Å²) in [6.07, 6.45) is 4.66. The van der Waals surface area contributed by atoms with E-state index in [1.54, 1.807) is 41.2 Å². The van der Waals surface area contributed by atoms with E-state index in [0.29, 0.717) is 29.4 Å². The molecule has 2 amide bonds. The third-order valence-electron chi connectivity index (χ3n) is 4.84. The van der Waals surface area contributed by atoms with Crippen molar-refractivity contribution < 1.29 is 14.3 Å². The summed E-state index contributed by atoms with van der Waals surface area (Å²) in [5.74, 6) is 0.252. The molecule has 7 nitrogen and oxygen atoms in total. The van der Waals surface area contributed by atoms with Crippen LogP contribution >= 0.6 is 35.0 Å². The smallest absolute Gasteiger partial charge is 0.328 e. The van der Waals surface area contributed by atoms with Crippen molar-refractivity contribution >= 4 is 47.0 Å². The number of H-pyrrole nitrogens is 1. The van der Waals surface area contributed by atoms with E-state index in [1.165, 1.54) is 7.11 Å². The molecule has 10 heteroatoms. The highest BCUT2D eigenvalue weighted by Crippen LogP contribution is 2.37. The number of aromatic nitrogens is 2. The lowest BCUT2D eigenvalue weighted by Crippen LogP contribution is -2.51. The number of nitrogens with zero attached hydrogens (tertiary/aromatic N) is 2. The number of carbonyl (C=O) groups is 2. The molecule has 156 valence electrons. The molecule has 0 bridgehead atoms. The fourth-order valence-corrected chi connectivity index (χ4v) is 4.38. The summed E-state index contributed by atoms with van der Waals surface area (Å²) >= 11 is 14.1. The van der Waals surface area contributed by atoms with Gasteiger partial charge in [-0.25, -0.2) is 14.6 Å². The minimum Gasteiger partial charge on any atom is -0.467 e. The summed E-state index contributed by atoms with van der Waals surface area (Å²) in [7, 11) is 1.31. The van der Waals surface area contributed by atoms with Crippen LogP contribution in [0.5, 0.6) is 0 Å². The van der Waals surface area contributed by atoms with Gasteiger partial charge in [0.1, 0.15) is 12.1 Å². The number of thioether (sulfide) groups is 1. The lowest BCUT2D eigenvalue weighted by Gasteiger charge is -2.36. The van der Waals surface area contributed by atoms with Gasteiger partial charge in [-0.2, -0.15) is 11.8 Å². The summed E-state index contributed by atoms with van der Waals surface area (Å²) < 4.78 is 4.85. The maximum Gasteiger partial charge on any atom is 0.328 e. The highest BCUT2D eigenvalue weighted by atomic mass is 35.5. The maximum absolute atomic E-state index is 13.2. The van der Waals surface area contributed by atoms with E-state index >= 15 is 0 Å². The summed E-state index contributed by atoms with van der Waals surface area (Å²) in [6, 6.07) is 3.59. The molecule has 29 heavy (non-hydrogen) atoms. The largest absolute Gasteiger partial charge is 0.467 e. The first-order chi connectivity index (χ1) is 14.0. The zero-order valence-corrected chi connectivity index (χ0v) is 18.4. The Morgan fingerprint density at radius 3 is 2.93 bits per heavy atom. The van der Waals surface area contributed by atoms with Crippen molar-refractivity contribution in [2.45, 2.75) is 24.9 Å². The van der Waals surface area contributed by atoms with Crippen LogP contribution in [0.25, 0.3) is 0 Å². The van der Waals surface area contributed by atoms with Crippen molar-refractivity contribution in [1.29, 1.82) is 0 Å². The number of hydrogen-bond donors (Lipinski definition) is 2. The molecular formula is C19H22Cl2N4O3S. The van der Waals surface area contributed by atoms with Crippen LogP contribution in [0.15, 0.2) is 24.5 Å². The van der Waals surface area contributed by atoms with Crippen LogP contribution in [0.4, 0.5) is 4.79 Å². The molecule has 2 N–H and O–H groups in total. The summed E-state index contributed by atoms with van der Waals surface area (Å²) in [6.45, 7) is 0.446. The molecule has 0 saturated heterocycles. The van der Waals surface area contributed by atoms with Gasteiger partial charge in [0.05, 0.1) is 19.1 Å². The number of methoxy groups -OCH3 is 1. The second kappa shape index (κ2) is 9.73. The average Bonchev–Trinajstić information content (AvgIpc) is 3.19. The number of aromatic amines is 1. The normalized spacial score (nSPS) is 16.8. The van der Waals surface area contributed by atoms with Gasteiger partial charge in [0.25, 0.3) is 0 Å². The van der Waals surface area contributed by atoms with Gasteiger partial charge in [0.2, 0.25) is 0 Å². The van der Waals surface area contributed by atoms with E-state index in [1.807, 2.05) is 6.26 Å². The van der Waals surface area contributed by atoms with Crippen molar-refractivity contribution in [1.82, 2.24) is 20.2 Å². The standard InChI is InChI=1S/C19H22Cl2N4O3S/c1-28-18(26)15(6-8-29-2)24-19(27)25-7-5-14-16(23-10-22-14)17(25)12-4-3-11(20)9-13(12)21/h3-4,9-10,15,17H,5-8H2,1-2H3,(H,22,23)(H,24,27). The zero-order valence-electron chi connectivity index (χ0n) is 16.1. The molecule has 1 aromatic carbocycles. The number of nitrogens with one attached hydrogen (secondary N) is 2. The van der Waals surface area contributed by atoms with E-state index in [0.717, 1.165) is 22.7 Å². The lowest BCUT2D eigenvalue weighted by molar-refractivity contribution is -0.142. The van der Waals surface area contributed by atoms with Crippen LogP contribution in [-0.4, -0.2) is 58.6 Å². The van der Waals surface area contributed by atoms with Gasteiger partial charge < -0.3 is 19.9 Å². The quantitative estimate of drug-likeness (QED) is 0.647. The molecule has 0 radical (unpaired) electrons. The third kappa shape index (κ3) is 4.82. The first kappa shape index (κ1) is 21.8. The molecule has 0 saturated carbocycles. The minimum atomic E-state index is -0.720. The van der Waals surface area contributed by atoms with Crippen LogP contribution < -0.4 is 5.32 Å². The molecule has 1 aromatic heterocycles. The number of imidazole rings is 1. The number of ether oxygens (including phenoxy) is 1. The van der Waals surface area contributed by atoms with Crippen molar-refractivity contribution in [2.24, 2.45) is 0 Å². The number of amides is 2. The molecule has 1 aliphatic rings. The Kier molecular flexibility index (Phi) is 7.32. The lowest BCUT2D eigenvalue weighted by atomic mass is 9.96. The second-order valence-corrected chi connectivity index (χ2v) is 8.41. The molecule has 2 atom stereocenters. The fourth-order valence-electron chi connectivity index (χ4n) is 3.39.